The van der Waals surface area contributed by atoms with Crippen LogP contribution in [-0.4, -0.2) is 26.3 Å². The molecule has 0 aliphatic heterocycles. The van der Waals surface area contributed by atoms with Crippen LogP contribution in [0.15, 0.2) is 48.5 Å². The molecule has 0 aromatic heterocycles. The molecule has 0 bridgehead atoms. The summed E-state index contributed by atoms with van der Waals surface area (Å²) in [7, 11) is 1.40. The van der Waals surface area contributed by atoms with Gasteiger partial charge in [0.25, 0.3) is 0 Å². The third-order valence-electron chi connectivity index (χ3n) is 4.94. The molecule has 0 aliphatic carbocycles. The topological polar surface area (TPSA) is 44.8 Å². The van der Waals surface area contributed by atoms with Gasteiger partial charge in [-0.05, 0) is 67.3 Å². The normalized spacial score (nSPS) is 10.7. The Hall–Kier alpha value is -3.55. The van der Waals surface area contributed by atoms with Crippen molar-refractivity contribution in [2.45, 2.75) is 19.8 Å². The second-order valence-electron chi connectivity index (χ2n) is 7.09. The number of benzene rings is 3. The van der Waals surface area contributed by atoms with Crippen LogP contribution in [-0.2, 0) is 22.4 Å². The van der Waals surface area contributed by atoms with Gasteiger partial charge in [-0.15, -0.1) is 0 Å². The van der Waals surface area contributed by atoms with Crippen LogP contribution in [0.3, 0.4) is 0 Å². The molecule has 33 heavy (non-hydrogen) atoms. The molecule has 4 nitrogen and oxygen atoms in total. The predicted molar refractivity (Wildman–Crippen MR) is 114 cm³/mol. The molecule has 0 amide bonds. The molecule has 0 spiro atoms. The summed E-state index contributed by atoms with van der Waals surface area (Å²) in [6, 6.07) is 10.4. The lowest BCUT2D eigenvalue weighted by Gasteiger charge is -2.14. The number of rotatable bonds is 9. The molecular formula is C25H22F4O4. The number of hydrogen-bond donors (Lipinski definition) is 0. The van der Waals surface area contributed by atoms with Crippen molar-refractivity contribution in [3.05, 3.63) is 82.9 Å². The minimum Gasteiger partial charge on any atom is -0.497 e. The van der Waals surface area contributed by atoms with Gasteiger partial charge in [0.05, 0.1) is 13.7 Å². The molecule has 0 saturated heterocycles. The van der Waals surface area contributed by atoms with E-state index in [-0.39, 0.29) is 41.9 Å². The van der Waals surface area contributed by atoms with Crippen LogP contribution in [0, 0.1) is 23.3 Å². The van der Waals surface area contributed by atoms with E-state index in [2.05, 4.69) is 0 Å². The molecule has 0 atom stereocenters. The summed E-state index contributed by atoms with van der Waals surface area (Å²) >= 11 is 0. The number of esters is 1. The summed E-state index contributed by atoms with van der Waals surface area (Å²) < 4.78 is 73.1. The van der Waals surface area contributed by atoms with Gasteiger partial charge < -0.3 is 14.2 Å². The van der Waals surface area contributed by atoms with Gasteiger partial charge in [0.1, 0.15) is 23.2 Å². The Bertz CT molecular complexity index is 1150. The zero-order chi connectivity index (χ0) is 24.0. The molecular weight excluding hydrogens is 440 g/mol. The van der Waals surface area contributed by atoms with Crippen molar-refractivity contribution < 1.29 is 36.6 Å². The van der Waals surface area contributed by atoms with Gasteiger partial charge in [-0.2, -0.15) is 0 Å². The van der Waals surface area contributed by atoms with E-state index < -0.39 is 35.8 Å². The summed E-state index contributed by atoms with van der Waals surface area (Å²) in [4.78, 5) is 11.4. The van der Waals surface area contributed by atoms with E-state index in [9.17, 15) is 18.0 Å². The maximum Gasteiger partial charge on any atom is 0.344 e. The SMILES string of the molecule is CCOC(=O)COc1ccc(F)c(CCc2cc(OC)cc(-c3cccc(F)c3)c2F)c1F. The van der Waals surface area contributed by atoms with Crippen LogP contribution in [0.1, 0.15) is 18.1 Å². The van der Waals surface area contributed by atoms with Crippen LogP contribution in [0.25, 0.3) is 11.1 Å². The van der Waals surface area contributed by atoms with Crippen molar-refractivity contribution in [1.82, 2.24) is 0 Å². The van der Waals surface area contributed by atoms with Crippen LogP contribution < -0.4 is 9.47 Å². The highest BCUT2D eigenvalue weighted by atomic mass is 19.1. The van der Waals surface area contributed by atoms with Crippen LogP contribution in [0.5, 0.6) is 11.5 Å². The highest BCUT2D eigenvalue weighted by Crippen LogP contribution is 2.32. The van der Waals surface area contributed by atoms with Gasteiger partial charge in [0.2, 0.25) is 0 Å². The molecule has 0 saturated carbocycles. The Morgan fingerprint density at radius 1 is 0.939 bits per heavy atom. The molecule has 0 fully saturated rings. The zero-order valence-electron chi connectivity index (χ0n) is 18.1. The predicted octanol–water partition coefficient (Wildman–Crippen LogP) is 5.65. The fourth-order valence-corrected chi connectivity index (χ4v) is 3.34. The minimum atomic E-state index is -0.979. The van der Waals surface area contributed by atoms with E-state index in [0.29, 0.717) is 11.3 Å². The minimum absolute atomic E-state index is 0.0689. The molecule has 0 unspecified atom stereocenters. The Kier molecular flexibility index (Phi) is 7.92. The van der Waals surface area contributed by atoms with E-state index >= 15 is 4.39 Å². The summed E-state index contributed by atoms with van der Waals surface area (Å²) in [6.45, 7) is 1.23. The first-order valence-corrected chi connectivity index (χ1v) is 10.2. The Morgan fingerprint density at radius 2 is 1.73 bits per heavy atom. The molecule has 3 rings (SSSR count). The highest BCUT2D eigenvalue weighted by molar-refractivity contribution is 5.71. The molecule has 0 aliphatic rings. The number of carbonyl (C=O) groups excluding carboxylic acids is 1. The van der Waals surface area contributed by atoms with Gasteiger partial charge in [0, 0.05) is 11.1 Å². The van der Waals surface area contributed by atoms with Gasteiger partial charge in [0.15, 0.2) is 18.2 Å². The molecule has 0 N–H and O–H groups in total. The third-order valence-corrected chi connectivity index (χ3v) is 4.94. The quantitative estimate of drug-likeness (QED) is 0.305. The van der Waals surface area contributed by atoms with Crippen molar-refractivity contribution in [3.8, 4) is 22.6 Å². The van der Waals surface area contributed by atoms with Gasteiger partial charge in [-0.25, -0.2) is 22.4 Å². The van der Waals surface area contributed by atoms with E-state index in [1.54, 1.807) is 13.0 Å². The standard InChI is InChI=1S/C25H22F4O4/c1-3-32-23(30)14-33-22-10-9-21(27)19(25(22)29)8-7-16-12-18(31-2)13-20(24(16)28)15-5-4-6-17(26)11-15/h4-6,9-13H,3,7-8,14H2,1-2H3. The zero-order valence-corrected chi connectivity index (χ0v) is 18.1. The third kappa shape index (κ3) is 5.83. The second kappa shape index (κ2) is 10.8. The first-order chi connectivity index (χ1) is 15.8. The van der Waals surface area contributed by atoms with Gasteiger partial charge in [-0.1, -0.05) is 12.1 Å². The first kappa shape index (κ1) is 24.1. The second-order valence-corrected chi connectivity index (χ2v) is 7.09. The van der Waals surface area contributed by atoms with Crippen LogP contribution >= 0.6 is 0 Å². The van der Waals surface area contributed by atoms with Crippen molar-refractivity contribution >= 4 is 5.97 Å². The number of methoxy groups -OCH3 is 1. The summed E-state index contributed by atoms with van der Waals surface area (Å²) in [5.41, 5.74) is 0.242. The molecule has 0 heterocycles. The first-order valence-electron chi connectivity index (χ1n) is 10.2. The summed E-state index contributed by atoms with van der Waals surface area (Å²) in [5.74, 6) is -3.66. The number of hydrogen-bond acceptors (Lipinski definition) is 4. The largest absolute Gasteiger partial charge is 0.497 e. The number of halogens is 4. The van der Waals surface area contributed by atoms with Crippen molar-refractivity contribution in [2.75, 3.05) is 20.3 Å². The molecule has 174 valence electrons. The average molecular weight is 462 g/mol. The van der Waals surface area contributed by atoms with Gasteiger partial charge >= 0.3 is 5.97 Å². The maximum absolute atomic E-state index is 15.2. The van der Waals surface area contributed by atoms with E-state index in [1.165, 1.54) is 37.4 Å². The Morgan fingerprint density at radius 3 is 2.42 bits per heavy atom. The van der Waals surface area contributed by atoms with Crippen molar-refractivity contribution in [2.24, 2.45) is 0 Å². The van der Waals surface area contributed by atoms with Crippen molar-refractivity contribution in [1.29, 1.82) is 0 Å². The van der Waals surface area contributed by atoms with Gasteiger partial charge in [-0.3, -0.25) is 0 Å². The average Bonchev–Trinajstić information content (AvgIpc) is 2.79. The Balaban J connectivity index is 1.87. The molecule has 0 radical (unpaired) electrons. The number of carbonyl (C=O) groups is 1. The van der Waals surface area contributed by atoms with E-state index in [1.807, 2.05) is 0 Å². The lowest BCUT2D eigenvalue weighted by Crippen LogP contribution is -2.15. The molecule has 8 heteroatoms. The fourth-order valence-electron chi connectivity index (χ4n) is 3.34. The highest BCUT2D eigenvalue weighted by Gasteiger charge is 2.19. The number of aryl methyl sites for hydroxylation is 1. The smallest absolute Gasteiger partial charge is 0.344 e. The van der Waals surface area contributed by atoms with Crippen molar-refractivity contribution in [3.63, 3.8) is 0 Å². The fraction of sp³-hybridized carbons (Fsp3) is 0.240. The summed E-state index contributed by atoms with van der Waals surface area (Å²) in [6.07, 6.45) is -0.262. The van der Waals surface area contributed by atoms with E-state index in [0.717, 1.165) is 12.1 Å². The number of ether oxygens (including phenoxy) is 3. The summed E-state index contributed by atoms with van der Waals surface area (Å²) in [5, 5.41) is 0. The maximum atomic E-state index is 15.2. The van der Waals surface area contributed by atoms with Crippen LogP contribution in [0.4, 0.5) is 17.6 Å². The van der Waals surface area contributed by atoms with Crippen LogP contribution in [0.2, 0.25) is 0 Å². The molecule has 3 aromatic rings. The molecule has 3 aromatic carbocycles. The lowest BCUT2D eigenvalue weighted by atomic mass is 9.97. The van der Waals surface area contributed by atoms with E-state index in [4.69, 9.17) is 14.2 Å². The Labute approximate surface area is 188 Å². The monoisotopic (exact) mass is 462 g/mol. The lowest BCUT2D eigenvalue weighted by molar-refractivity contribution is -0.145.